The van der Waals surface area contributed by atoms with Crippen molar-refractivity contribution in [1.82, 2.24) is 15.8 Å². The van der Waals surface area contributed by atoms with Crippen LogP contribution >= 0.6 is 0 Å². The van der Waals surface area contributed by atoms with Crippen molar-refractivity contribution in [3.63, 3.8) is 0 Å². The fourth-order valence-electron chi connectivity index (χ4n) is 1.97. The minimum absolute atomic E-state index is 0.107. The van der Waals surface area contributed by atoms with Gasteiger partial charge in [0.05, 0.1) is 0 Å². The molecule has 0 unspecified atom stereocenters. The number of rotatable bonds is 2. The van der Waals surface area contributed by atoms with Gasteiger partial charge in [-0.05, 0) is 33.6 Å². The third-order valence-electron chi connectivity index (χ3n) is 2.65. The van der Waals surface area contributed by atoms with Crippen molar-refractivity contribution in [2.24, 2.45) is 0 Å². The number of nitrogens with zero attached hydrogens (tertiary/aromatic N) is 1. The topological polar surface area (TPSA) is 90.9 Å². The van der Waals surface area contributed by atoms with Gasteiger partial charge in [-0.15, -0.1) is 0 Å². The van der Waals surface area contributed by atoms with Crippen LogP contribution in [0.15, 0.2) is 0 Å². The highest BCUT2D eigenvalue weighted by Gasteiger charge is 2.23. The van der Waals surface area contributed by atoms with E-state index in [1.54, 1.807) is 25.8 Å². The van der Waals surface area contributed by atoms with Crippen molar-refractivity contribution >= 4 is 12.2 Å². The molecule has 0 aromatic heterocycles. The minimum atomic E-state index is -1.09. The number of carbonyl (C=O) groups excluding carboxylic acids is 1. The molecule has 2 amide bonds. The first-order valence-electron chi connectivity index (χ1n) is 6.50. The number of amides is 2. The van der Waals surface area contributed by atoms with E-state index in [1.165, 1.54) is 0 Å². The van der Waals surface area contributed by atoms with E-state index in [1.807, 2.05) is 0 Å². The van der Waals surface area contributed by atoms with E-state index in [0.29, 0.717) is 13.1 Å². The molecule has 0 aromatic rings. The van der Waals surface area contributed by atoms with Crippen LogP contribution in [-0.4, -0.2) is 47.0 Å². The molecule has 0 aromatic carbocycles. The highest BCUT2D eigenvalue weighted by atomic mass is 16.6. The van der Waals surface area contributed by atoms with Gasteiger partial charge < -0.3 is 15.2 Å². The van der Waals surface area contributed by atoms with Crippen LogP contribution in [-0.2, 0) is 4.74 Å². The molecular formula is C12H23N3O4. The molecule has 1 heterocycles. The van der Waals surface area contributed by atoms with E-state index in [-0.39, 0.29) is 6.04 Å². The molecule has 0 spiro atoms. The number of hydrogen-bond donors (Lipinski definition) is 3. The number of nitrogens with one attached hydrogen (secondary N) is 2. The molecule has 110 valence electrons. The monoisotopic (exact) mass is 273 g/mol. The van der Waals surface area contributed by atoms with Gasteiger partial charge in [0.15, 0.2) is 0 Å². The summed E-state index contributed by atoms with van der Waals surface area (Å²) in [5.41, 5.74) is 1.80. The molecule has 0 saturated carbocycles. The van der Waals surface area contributed by atoms with E-state index >= 15 is 0 Å². The SMILES string of the molecule is CC(C)(C)OC(=O)N[C@H]1CCCCN(NC(=O)O)C1. The molecule has 0 radical (unpaired) electrons. The summed E-state index contributed by atoms with van der Waals surface area (Å²) in [6.45, 7) is 6.51. The first kappa shape index (κ1) is 15.6. The molecule has 1 rings (SSSR count). The maximum atomic E-state index is 11.7. The number of alkyl carbamates (subject to hydrolysis) is 1. The number of hydrazine groups is 1. The summed E-state index contributed by atoms with van der Waals surface area (Å²) in [6.07, 6.45) is 1.11. The van der Waals surface area contributed by atoms with Crippen LogP contribution in [0.2, 0.25) is 0 Å². The third-order valence-corrected chi connectivity index (χ3v) is 2.65. The first-order valence-corrected chi connectivity index (χ1v) is 6.50. The van der Waals surface area contributed by atoms with Gasteiger partial charge >= 0.3 is 12.2 Å². The average Bonchev–Trinajstić information content (AvgIpc) is 2.39. The maximum Gasteiger partial charge on any atom is 0.419 e. The van der Waals surface area contributed by atoms with E-state index < -0.39 is 17.8 Å². The Morgan fingerprint density at radius 2 is 2.00 bits per heavy atom. The standard InChI is InChI=1S/C12H23N3O4/c1-12(2,3)19-11(18)13-9-6-4-5-7-15(8-9)14-10(16)17/h9,14H,4-8H2,1-3H3,(H,13,18)(H,16,17)/t9-/m0/s1. The lowest BCUT2D eigenvalue weighted by Gasteiger charge is -2.26. The summed E-state index contributed by atoms with van der Waals surface area (Å²) >= 11 is 0. The largest absolute Gasteiger partial charge is 0.464 e. The van der Waals surface area contributed by atoms with Crippen molar-refractivity contribution in [1.29, 1.82) is 0 Å². The Bertz CT molecular complexity index is 327. The normalized spacial score (nSPS) is 21.3. The summed E-state index contributed by atoms with van der Waals surface area (Å²) in [6, 6.07) is -0.107. The molecule has 1 fully saturated rings. The smallest absolute Gasteiger partial charge is 0.419 e. The van der Waals surface area contributed by atoms with E-state index in [0.717, 1.165) is 19.3 Å². The Balaban J connectivity index is 2.47. The molecule has 19 heavy (non-hydrogen) atoms. The number of hydrogen-bond acceptors (Lipinski definition) is 4. The van der Waals surface area contributed by atoms with Gasteiger partial charge in [0.2, 0.25) is 0 Å². The van der Waals surface area contributed by atoms with E-state index in [2.05, 4.69) is 10.7 Å². The van der Waals surface area contributed by atoms with Gasteiger partial charge in [0.25, 0.3) is 0 Å². The molecule has 7 heteroatoms. The van der Waals surface area contributed by atoms with Crippen molar-refractivity contribution in [3.05, 3.63) is 0 Å². The van der Waals surface area contributed by atoms with E-state index in [4.69, 9.17) is 9.84 Å². The zero-order valence-corrected chi connectivity index (χ0v) is 11.7. The summed E-state index contributed by atoms with van der Waals surface area (Å²) in [7, 11) is 0. The van der Waals surface area contributed by atoms with Crippen molar-refractivity contribution < 1.29 is 19.4 Å². The molecule has 0 aliphatic carbocycles. The lowest BCUT2D eigenvalue weighted by molar-refractivity contribution is 0.0487. The quantitative estimate of drug-likeness (QED) is 0.710. The molecule has 1 atom stereocenters. The zero-order chi connectivity index (χ0) is 14.5. The third kappa shape index (κ3) is 6.85. The molecule has 0 bridgehead atoms. The second kappa shape index (κ2) is 6.60. The van der Waals surface area contributed by atoms with Crippen LogP contribution in [0, 0.1) is 0 Å². The molecule has 1 saturated heterocycles. The van der Waals surface area contributed by atoms with Crippen LogP contribution in [0.1, 0.15) is 40.0 Å². The van der Waals surface area contributed by atoms with Gasteiger partial charge in [0.1, 0.15) is 5.60 Å². The number of carbonyl (C=O) groups is 2. The van der Waals surface area contributed by atoms with Gasteiger partial charge in [-0.25, -0.2) is 14.6 Å². The van der Waals surface area contributed by atoms with Crippen LogP contribution in [0.3, 0.4) is 0 Å². The summed E-state index contributed by atoms with van der Waals surface area (Å²) in [5.74, 6) is 0. The van der Waals surface area contributed by atoms with Crippen LogP contribution in [0.25, 0.3) is 0 Å². The fraction of sp³-hybridized carbons (Fsp3) is 0.833. The Labute approximate surface area is 113 Å². The average molecular weight is 273 g/mol. The van der Waals surface area contributed by atoms with Crippen molar-refractivity contribution in [2.75, 3.05) is 13.1 Å². The molecule has 1 aliphatic rings. The molecule has 3 N–H and O–H groups in total. The van der Waals surface area contributed by atoms with Gasteiger partial charge in [-0.1, -0.05) is 6.42 Å². The van der Waals surface area contributed by atoms with Crippen LogP contribution in [0.5, 0.6) is 0 Å². The molecule has 1 aliphatic heterocycles. The predicted molar refractivity (Wildman–Crippen MR) is 69.7 cm³/mol. The molecule has 7 nitrogen and oxygen atoms in total. The summed E-state index contributed by atoms with van der Waals surface area (Å²) < 4.78 is 5.19. The minimum Gasteiger partial charge on any atom is -0.464 e. The highest BCUT2D eigenvalue weighted by Crippen LogP contribution is 2.11. The lowest BCUT2D eigenvalue weighted by atomic mass is 10.1. The summed E-state index contributed by atoms with van der Waals surface area (Å²) in [5, 5.41) is 13.1. The highest BCUT2D eigenvalue weighted by molar-refractivity contribution is 5.68. The Morgan fingerprint density at radius 1 is 1.32 bits per heavy atom. The van der Waals surface area contributed by atoms with Crippen LogP contribution < -0.4 is 10.7 Å². The molecular weight excluding hydrogens is 250 g/mol. The zero-order valence-electron chi connectivity index (χ0n) is 11.7. The summed E-state index contributed by atoms with van der Waals surface area (Å²) in [4.78, 5) is 22.3. The predicted octanol–water partition coefficient (Wildman–Crippen LogP) is 1.55. The number of ether oxygens (including phenoxy) is 1. The Morgan fingerprint density at radius 3 is 2.58 bits per heavy atom. The first-order chi connectivity index (χ1) is 8.76. The fourth-order valence-corrected chi connectivity index (χ4v) is 1.97. The van der Waals surface area contributed by atoms with Gasteiger partial charge in [-0.2, -0.15) is 0 Å². The lowest BCUT2D eigenvalue weighted by Crippen LogP contribution is -2.49. The second-order valence-corrected chi connectivity index (χ2v) is 5.70. The van der Waals surface area contributed by atoms with Crippen molar-refractivity contribution in [3.8, 4) is 0 Å². The Kier molecular flexibility index (Phi) is 5.41. The van der Waals surface area contributed by atoms with Gasteiger partial charge in [-0.3, -0.25) is 5.43 Å². The second-order valence-electron chi connectivity index (χ2n) is 5.70. The van der Waals surface area contributed by atoms with Crippen LogP contribution in [0.4, 0.5) is 9.59 Å². The van der Waals surface area contributed by atoms with Crippen molar-refractivity contribution in [2.45, 2.75) is 51.7 Å². The maximum absolute atomic E-state index is 11.7. The Hall–Kier alpha value is -1.50. The van der Waals surface area contributed by atoms with Gasteiger partial charge in [0, 0.05) is 19.1 Å². The number of carboxylic acid groups (broad SMARTS) is 1. The van der Waals surface area contributed by atoms with E-state index in [9.17, 15) is 9.59 Å².